The van der Waals surface area contributed by atoms with Crippen molar-refractivity contribution in [3.8, 4) is 0 Å². The number of amides is 1. The van der Waals surface area contributed by atoms with Gasteiger partial charge in [-0.15, -0.1) is 12.4 Å². The molecule has 0 bridgehead atoms. The van der Waals surface area contributed by atoms with Crippen LogP contribution in [0.15, 0.2) is 0 Å². The van der Waals surface area contributed by atoms with Gasteiger partial charge in [0, 0.05) is 19.3 Å². The van der Waals surface area contributed by atoms with E-state index in [1.165, 1.54) is 11.2 Å². The molecule has 1 amide bonds. The van der Waals surface area contributed by atoms with E-state index in [9.17, 15) is 13.2 Å². The summed E-state index contributed by atoms with van der Waals surface area (Å²) >= 11 is 0. The van der Waals surface area contributed by atoms with E-state index in [1.807, 2.05) is 6.92 Å². The summed E-state index contributed by atoms with van der Waals surface area (Å²) in [7, 11) is -1.55. The van der Waals surface area contributed by atoms with Gasteiger partial charge in [0.25, 0.3) is 0 Å². The highest BCUT2D eigenvalue weighted by Gasteiger charge is 2.29. The van der Waals surface area contributed by atoms with Crippen LogP contribution in [0.2, 0.25) is 0 Å². The fourth-order valence-corrected chi connectivity index (χ4v) is 2.47. The van der Waals surface area contributed by atoms with Crippen molar-refractivity contribution < 1.29 is 13.2 Å². The Morgan fingerprint density at radius 3 is 2.11 bits per heavy atom. The monoisotopic (exact) mass is 300 g/mol. The number of hydrogen-bond acceptors (Lipinski definition) is 4. The van der Waals surface area contributed by atoms with Crippen molar-refractivity contribution >= 4 is 28.2 Å². The third-order valence-corrected chi connectivity index (χ3v) is 4.97. The predicted octanol–water partition coefficient (Wildman–Crippen LogP) is 0.816. The minimum absolute atomic E-state index is 0. The molecule has 3 unspecified atom stereocenters. The second kappa shape index (κ2) is 7.96. The van der Waals surface area contributed by atoms with Crippen LogP contribution >= 0.6 is 12.4 Å². The van der Waals surface area contributed by atoms with Gasteiger partial charge in [0.15, 0.2) is 9.84 Å². The Bertz CT molecular complexity index is 359. The second-order valence-electron chi connectivity index (χ2n) is 4.62. The van der Waals surface area contributed by atoms with Crippen LogP contribution in [0.3, 0.4) is 0 Å². The molecule has 0 saturated heterocycles. The van der Waals surface area contributed by atoms with Crippen molar-refractivity contribution in [3.05, 3.63) is 0 Å². The number of sulfone groups is 1. The van der Waals surface area contributed by atoms with E-state index >= 15 is 0 Å². The number of likely N-dealkylation sites (N-methyl/N-ethyl adjacent to an activating group) is 1. The lowest BCUT2D eigenvalue weighted by Gasteiger charge is -2.30. The molecule has 0 fully saturated rings. The van der Waals surface area contributed by atoms with Gasteiger partial charge in [-0.25, -0.2) is 8.42 Å². The minimum atomic E-state index is -3.15. The first-order valence-electron chi connectivity index (χ1n) is 5.84. The van der Waals surface area contributed by atoms with Crippen LogP contribution < -0.4 is 5.73 Å². The molecule has 0 aromatic rings. The molecule has 7 heteroatoms. The van der Waals surface area contributed by atoms with Crippen molar-refractivity contribution in [1.82, 2.24) is 4.90 Å². The molecule has 0 aromatic carbocycles. The zero-order valence-corrected chi connectivity index (χ0v) is 13.3. The van der Waals surface area contributed by atoms with Gasteiger partial charge >= 0.3 is 0 Å². The van der Waals surface area contributed by atoms with Crippen LogP contribution in [0.25, 0.3) is 0 Å². The molecule has 0 aliphatic rings. The van der Waals surface area contributed by atoms with Gasteiger partial charge in [-0.3, -0.25) is 4.79 Å². The standard InChI is InChI=1S/C11H24N2O3S.ClH/c1-6-7-10(12)11(14)13(4)8(2)9(3)17(5,15)16;/h8-10H,6-7,12H2,1-5H3;1H. The molecule has 18 heavy (non-hydrogen) atoms. The molecule has 0 heterocycles. The maximum Gasteiger partial charge on any atom is 0.239 e. The highest BCUT2D eigenvalue weighted by molar-refractivity contribution is 7.91. The molecule has 0 aliphatic carbocycles. The first-order chi connectivity index (χ1) is 7.62. The lowest BCUT2D eigenvalue weighted by atomic mass is 10.1. The van der Waals surface area contributed by atoms with Gasteiger partial charge in [0.05, 0.1) is 11.3 Å². The summed E-state index contributed by atoms with van der Waals surface area (Å²) in [6, 6.07) is -0.917. The maximum atomic E-state index is 11.9. The number of nitrogens with two attached hydrogens (primary N) is 1. The normalized spacial score (nSPS) is 16.3. The Hall–Kier alpha value is -0.330. The highest BCUT2D eigenvalue weighted by Crippen LogP contribution is 2.11. The molecule has 0 aromatic heterocycles. The van der Waals surface area contributed by atoms with Crippen molar-refractivity contribution in [2.75, 3.05) is 13.3 Å². The number of nitrogens with zero attached hydrogens (tertiary/aromatic N) is 1. The molecule has 0 saturated carbocycles. The fraction of sp³-hybridized carbons (Fsp3) is 0.909. The topological polar surface area (TPSA) is 80.5 Å². The second-order valence-corrected chi connectivity index (χ2v) is 7.02. The Labute approximate surface area is 116 Å². The van der Waals surface area contributed by atoms with Gasteiger partial charge in [-0.1, -0.05) is 13.3 Å². The predicted molar refractivity (Wildman–Crippen MR) is 76.7 cm³/mol. The van der Waals surface area contributed by atoms with Gasteiger partial charge < -0.3 is 10.6 Å². The minimum Gasteiger partial charge on any atom is -0.340 e. The third kappa shape index (κ3) is 5.54. The molecule has 0 rings (SSSR count). The first kappa shape index (κ1) is 20.0. The molecule has 0 spiro atoms. The van der Waals surface area contributed by atoms with Crippen LogP contribution in [-0.4, -0.2) is 49.9 Å². The van der Waals surface area contributed by atoms with E-state index in [1.54, 1.807) is 20.9 Å². The summed E-state index contributed by atoms with van der Waals surface area (Å²) in [5.41, 5.74) is 5.73. The van der Waals surface area contributed by atoms with Crippen molar-refractivity contribution in [2.45, 2.75) is 50.9 Å². The Morgan fingerprint density at radius 2 is 1.78 bits per heavy atom. The van der Waals surface area contributed by atoms with E-state index < -0.39 is 21.1 Å². The Morgan fingerprint density at radius 1 is 1.33 bits per heavy atom. The third-order valence-electron chi connectivity index (χ3n) is 3.23. The van der Waals surface area contributed by atoms with Crippen LogP contribution in [0.5, 0.6) is 0 Å². The van der Waals surface area contributed by atoms with Crippen molar-refractivity contribution in [1.29, 1.82) is 0 Å². The number of carbonyl (C=O) groups is 1. The summed E-state index contributed by atoms with van der Waals surface area (Å²) in [6.07, 6.45) is 2.62. The summed E-state index contributed by atoms with van der Waals surface area (Å²) in [5, 5.41) is -0.592. The highest BCUT2D eigenvalue weighted by atomic mass is 35.5. The summed E-state index contributed by atoms with van der Waals surface area (Å²) in [4.78, 5) is 13.3. The van der Waals surface area contributed by atoms with E-state index in [4.69, 9.17) is 5.73 Å². The zero-order chi connectivity index (χ0) is 13.8. The van der Waals surface area contributed by atoms with E-state index in [0.29, 0.717) is 6.42 Å². The molecular formula is C11H25ClN2O3S. The van der Waals surface area contributed by atoms with Gasteiger partial charge in [0.1, 0.15) is 0 Å². The number of hydrogen-bond donors (Lipinski definition) is 1. The van der Waals surface area contributed by atoms with Crippen molar-refractivity contribution in [3.63, 3.8) is 0 Å². The summed E-state index contributed by atoms with van der Waals surface area (Å²) in [5.74, 6) is -0.199. The largest absolute Gasteiger partial charge is 0.340 e. The van der Waals surface area contributed by atoms with E-state index in [0.717, 1.165) is 6.42 Å². The van der Waals surface area contributed by atoms with Gasteiger partial charge in [-0.05, 0) is 20.3 Å². The van der Waals surface area contributed by atoms with Crippen LogP contribution in [0.4, 0.5) is 0 Å². The first-order valence-corrected chi connectivity index (χ1v) is 7.79. The Kier molecular flexibility index (Phi) is 8.85. The van der Waals surface area contributed by atoms with Crippen LogP contribution in [0, 0.1) is 0 Å². The summed E-state index contributed by atoms with van der Waals surface area (Å²) in [6.45, 7) is 5.28. The smallest absolute Gasteiger partial charge is 0.239 e. The van der Waals surface area contributed by atoms with Gasteiger partial charge in [0.2, 0.25) is 5.91 Å². The molecular weight excluding hydrogens is 276 g/mol. The number of rotatable bonds is 6. The van der Waals surface area contributed by atoms with E-state index in [2.05, 4.69) is 0 Å². The number of carbonyl (C=O) groups excluding carboxylic acids is 1. The molecule has 2 N–H and O–H groups in total. The lowest BCUT2D eigenvalue weighted by Crippen LogP contribution is -2.50. The lowest BCUT2D eigenvalue weighted by molar-refractivity contribution is -0.133. The van der Waals surface area contributed by atoms with Crippen molar-refractivity contribution in [2.24, 2.45) is 5.73 Å². The van der Waals surface area contributed by atoms with E-state index in [-0.39, 0.29) is 24.4 Å². The van der Waals surface area contributed by atoms with Crippen LogP contribution in [-0.2, 0) is 14.6 Å². The molecule has 110 valence electrons. The zero-order valence-electron chi connectivity index (χ0n) is 11.7. The summed E-state index contributed by atoms with van der Waals surface area (Å²) < 4.78 is 22.9. The molecule has 0 radical (unpaired) electrons. The maximum absolute atomic E-state index is 11.9. The average Bonchev–Trinajstić information content (AvgIpc) is 2.24. The average molecular weight is 301 g/mol. The number of halogens is 1. The molecule has 0 aliphatic heterocycles. The fourth-order valence-electron chi connectivity index (χ4n) is 1.57. The molecule has 5 nitrogen and oxygen atoms in total. The SMILES string of the molecule is CCCC(N)C(=O)N(C)C(C)C(C)S(C)(=O)=O.Cl. The quantitative estimate of drug-likeness (QED) is 0.787. The Balaban J connectivity index is 0. The molecule has 3 atom stereocenters. The van der Waals surface area contributed by atoms with Crippen LogP contribution in [0.1, 0.15) is 33.6 Å². The van der Waals surface area contributed by atoms with Gasteiger partial charge in [-0.2, -0.15) is 0 Å².